The standard InChI is InChI=1S/C15H20N2OS.C2H6/c1-19-14-8-11(10-17-5-3-2-4-6-17)7-12-13(14)9-16-15(12)18;1-2/h7-8H,2-6,9-10H2,1H3,(H,16,18);1-2H3. The van der Waals surface area contributed by atoms with Crippen LogP contribution in [0, 0.1) is 0 Å². The van der Waals surface area contributed by atoms with Crippen LogP contribution in [0.25, 0.3) is 0 Å². The fraction of sp³-hybridized carbons (Fsp3) is 0.588. The Balaban J connectivity index is 0.000000774. The zero-order chi connectivity index (χ0) is 15.2. The van der Waals surface area contributed by atoms with Gasteiger partial charge in [-0.1, -0.05) is 20.3 Å². The SMILES string of the molecule is CC.CSc1cc(CN2CCCCC2)cc2c1CNC2=O. The van der Waals surface area contributed by atoms with E-state index in [-0.39, 0.29) is 5.91 Å². The molecule has 3 nitrogen and oxygen atoms in total. The quantitative estimate of drug-likeness (QED) is 0.865. The van der Waals surface area contributed by atoms with Crippen LogP contribution in [-0.4, -0.2) is 30.2 Å². The Hall–Kier alpha value is -1.00. The number of likely N-dealkylation sites (tertiary alicyclic amines) is 1. The number of fused-ring (bicyclic) bond motifs is 1. The first-order valence-electron chi connectivity index (χ1n) is 7.98. The van der Waals surface area contributed by atoms with Gasteiger partial charge in [0.15, 0.2) is 0 Å². The molecule has 1 amide bonds. The molecule has 1 saturated heterocycles. The summed E-state index contributed by atoms with van der Waals surface area (Å²) in [6.45, 7) is 8.05. The number of carbonyl (C=O) groups is 1. The Kier molecular flexibility index (Phi) is 6.12. The van der Waals surface area contributed by atoms with Crippen LogP contribution in [0.4, 0.5) is 0 Å². The Morgan fingerprint density at radius 1 is 1.19 bits per heavy atom. The van der Waals surface area contributed by atoms with E-state index in [1.54, 1.807) is 11.8 Å². The van der Waals surface area contributed by atoms with Crippen LogP contribution >= 0.6 is 11.8 Å². The second kappa shape index (κ2) is 7.85. The third-order valence-electron chi connectivity index (χ3n) is 4.01. The minimum absolute atomic E-state index is 0.0887. The monoisotopic (exact) mass is 306 g/mol. The average Bonchev–Trinajstić information content (AvgIpc) is 2.91. The van der Waals surface area contributed by atoms with Gasteiger partial charge in [-0.05, 0) is 55.4 Å². The summed E-state index contributed by atoms with van der Waals surface area (Å²) < 4.78 is 0. The topological polar surface area (TPSA) is 32.3 Å². The molecule has 0 unspecified atom stereocenters. The normalized spacial score (nSPS) is 17.8. The van der Waals surface area contributed by atoms with Crippen LogP contribution in [0.3, 0.4) is 0 Å². The van der Waals surface area contributed by atoms with Crippen LogP contribution in [0.2, 0.25) is 0 Å². The second-order valence-corrected chi connectivity index (χ2v) is 6.19. The fourth-order valence-corrected chi connectivity index (χ4v) is 3.70. The summed E-state index contributed by atoms with van der Waals surface area (Å²) in [6, 6.07) is 4.35. The van der Waals surface area contributed by atoms with E-state index in [2.05, 4.69) is 28.6 Å². The molecule has 2 aliphatic heterocycles. The molecule has 4 heteroatoms. The van der Waals surface area contributed by atoms with Crippen LogP contribution in [0.1, 0.15) is 54.6 Å². The number of nitrogens with one attached hydrogen (secondary N) is 1. The number of benzene rings is 1. The molecule has 0 radical (unpaired) electrons. The maximum Gasteiger partial charge on any atom is 0.251 e. The van der Waals surface area contributed by atoms with Crippen molar-refractivity contribution in [3.63, 3.8) is 0 Å². The van der Waals surface area contributed by atoms with E-state index < -0.39 is 0 Å². The Morgan fingerprint density at radius 3 is 2.57 bits per heavy atom. The second-order valence-electron chi connectivity index (χ2n) is 5.34. The molecule has 21 heavy (non-hydrogen) atoms. The fourth-order valence-electron chi connectivity index (χ4n) is 3.00. The van der Waals surface area contributed by atoms with Crippen LogP contribution in [-0.2, 0) is 13.1 Å². The molecule has 0 saturated carbocycles. The molecule has 1 fully saturated rings. The van der Waals surface area contributed by atoms with Crippen molar-refractivity contribution in [1.82, 2.24) is 10.2 Å². The average molecular weight is 306 g/mol. The summed E-state index contributed by atoms with van der Waals surface area (Å²) in [5.74, 6) is 0.0887. The number of nitrogens with zero attached hydrogens (tertiary/aromatic N) is 1. The van der Waals surface area contributed by atoms with Crippen molar-refractivity contribution in [3.8, 4) is 0 Å². The third kappa shape index (κ3) is 3.80. The highest BCUT2D eigenvalue weighted by Gasteiger charge is 2.23. The molecule has 0 bridgehead atoms. The van der Waals surface area contributed by atoms with E-state index in [9.17, 15) is 4.79 Å². The maximum absolute atomic E-state index is 11.8. The van der Waals surface area contributed by atoms with Gasteiger partial charge in [0.2, 0.25) is 0 Å². The molecule has 0 atom stereocenters. The lowest BCUT2D eigenvalue weighted by atomic mass is 10.0. The molecule has 0 spiro atoms. The third-order valence-corrected chi connectivity index (χ3v) is 4.82. The highest BCUT2D eigenvalue weighted by Crippen LogP contribution is 2.29. The molecule has 0 aliphatic carbocycles. The van der Waals surface area contributed by atoms with Gasteiger partial charge in [-0.15, -0.1) is 11.8 Å². The van der Waals surface area contributed by atoms with E-state index in [1.807, 2.05) is 13.8 Å². The van der Waals surface area contributed by atoms with E-state index in [1.165, 1.54) is 48.4 Å². The van der Waals surface area contributed by atoms with Crippen molar-refractivity contribution < 1.29 is 4.79 Å². The molecule has 1 aromatic carbocycles. The van der Waals surface area contributed by atoms with Crippen molar-refractivity contribution >= 4 is 17.7 Å². The van der Waals surface area contributed by atoms with Gasteiger partial charge in [0, 0.05) is 23.5 Å². The number of hydrogen-bond donors (Lipinski definition) is 1. The number of amides is 1. The first kappa shape index (κ1) is 16.4. The summed E-state index contributed by atoms with van der Waals surface area (Å²) in [6.07, 6.45) is 6.06. The summed E-state index contributed by atoms with van der Waals surface area (Å²) >= 11 is 1.74. The Morgan fingerprint density at radius 2 is 1.90 bits per heavy atom. The molecule has 1 N–H and O–H groups in total. The summed E-state index contributed by atoms with van der Waals surface area (Å²) in [5.41, 5.74) is 3.35. The van der Waals surface area contributed by atoms with Crippen molar-refractivity contribution in [1.29, 1.82) is 0 Å². The molecule has 2 aliphatic rings. The lowest BCUT2D eigenvalue weighted by molar-refractivity contribution is 0.0965. The number of hydrogen-bond acceptors (Lipinski definition) is 3. The lowest BCUT2D eigenvalue weighted by Crippen LogP contribution is -2.29. The van der Waals surface area contributed by atoms with Gasteiger partial charge in [0.05, 0.1) is 0 Å². The van der Waals surface area contributed by atoms with E-state index in [0.29, 0.717) is 6.54 Å². The molecule has 2 heterocycles. The molecule has 1 aromatic rings. The van der Waals surface area contributed by atoms with Gasteiger partial charge in [-0.3, -0.25) is 9.69 Å². The summed E-state index contributed by atoms with van der Waals surface area (Å²) in [5, 5.41) is 2.92. The first-order chi connectivity index (χ1) is 10.3. The number of piperidine rings is 1. The summed E-state index contributed by atoms with van der Waals surface area (Å²) in [7, 11) is 0. The molecular formula is C17H26N2OS. The van der Waals surface area contributed by atoms with Gasteiger partial charge in [0.25, 0.3) is 5.91 Å². The van der Waals surface area contributed by atoms with Gasteiger partial charge in [0.1, 0.15) is 0 Å². The summed E-state index contributed by atoms with van der Waals surface area (Å²) in [4.78, 5) is 15.6. The highest BCUT2D eigenvalue weighted by atomic mass is 32.2. The number of rotatable bonds is 3. The van der Waals surface area contributed by atoms with E-state index in [0.717, 1.165) is 12.1 Å². The van der Waals surface area contributed by atoms with Gasteiger partial charge in [-0.25, -0.2) is 0 Å². The number of carbonyl (C=O) groups excluding carboxylic acids is 1. The predicted molar refractivity (Wildman–Crippen MR) is 89.9 cm³/mol. The predicted octanol–water partition coefficient (Wildman–Crippen LogP) is 3.66. The maximum atomic E-state index is 11.8. The number of thioether (sulfide) groups is 1. The van der Waals surface area contributed by atoms with E-state index >= 15 is 0 Å². The van der Waals surface area contributed by atoms with Crippen molar-refractivity contribution in [2.45, 2.75) is 51.1 Å². The Bertz CT molecular complexity index is 496. The minimum atomic E-state index is 0.0887. The van der Waals surface area contributed by atoms with Crippen molar-refractivity contribution in [2.24, 2.45) is 0 Å². The Labute approximate surface area is 132 Å². The zero-order valence-corrected chi connectivity index (χ0v) is 14.2. The van der Waals surface area contributed by atoms with E-state index in [4.69, 9.17) is 0 Å². The van der Waals surface area contributed by atoms with Gasteiger partial charge < -0.3 is 5.32 Å². The van der Waals surface area contributed by atoms with Gasteiger partial charge >= 0.3 is 0 Å². The van der Waals surface area contributed by atoms with Crippen LogP contribution in [0.5, 0.6) is 0 Å². The molecule has 3 rings (SSSR count). The van der Waals surface area contributed by atoms with Crippen LogP contribution < -0.4 is 5.32 Å². The first-order valence-corrected chi connectivity index (χ1v) is 9.21. The van der Waals surface area contributed by atoms with Crippen LogP contribution in [0.15, 0.2) is 17.0 Å². The van der Waals surface area contributed by atoms with Crippen molar-refractivity contribution in [3.05, 3.63) is 28.8 Å². The largest absolute Gasteiger partial charge is 0.348 e. The van der Waals surface area contributed by atoms with Crippen molar-refractivity contribution in [2.75, 3.05) is 19.3 Å². The zero-order valence-electron chi connectivity index (χ0n) is 13.4. The smallest absolute Gasteiger partial charge is 0.251 e. The molecule has 0 aromatic heterocycles. The molecule has 116 valence electrons. The molecular weight excluding hydrogens is 280 g/mol. The van der Waals surface area contributed by atoms with Gasteiger partial charge in [-0.2, -0.15) is 0 Å². The minimum Gasteiger partial charge on any atom is -0.348 e. The highest BCUT2D eigenvalue weighted by molar-refractivity contribution is 7.98. The lowest BCUT2D eigenvalue weighted by Gasteiger charge is -2.26.